The topological polar surface area (TPSA) is 115 Å². The summed E-state index contributed by atoms with van der Waals surface area (Å²) in [4.78, 5) is 51.7. The molecule has 1 N–H and O–H groups in total. The molecule has 1 aromatic rings. The van der Waals surface area contributed by atoms with E-state index < -0.39 is 36.0 Å². The molecular weight excluding hydrogens is 338 g/mol. The van der Waals surface area contributed by atoms with Gasteiger partial charge in [-0.05, 0) is 20.8 Å². The fourth-order valence-electron chi connectivity index (χ4n) is 1.95. The van der Waals surface area contributed by atoms with E-state index >= 15 is 0 Å². The fourth-order valence-corrected chi connectivity index (χ4v) is 2.64. The zero-order valence-corrected chi connectivity index (χ0v) is 14.3. The zero-order valence-electron chi connectivity index (χ0n) is 13.5. The third-order valence-electron chi connectivity index (χ3n) is 3.11. The van der Waals surface area contributed by atoms with Crippen LogP contribution in [0.4, 0.5) is 4.79 Å². The smallest absolute Gasteiger partial charge is 0.367 e. The second-order valence-corrected chi connectivity index (χ2v) is 6.33. The molecule has 9 nitrogen and oxygen atoms in total. The summed E-state index contributed by atoms with van der Waals surface area (Å²) < 4.78 is 9.80. The Morgan fingerprint density at radius 3 is 2.62 bits per heavy atom. The summed E-state index contributed by atoms with van der Waals surface area (Å²) in [6.45, 7) is 4.37. The number of amides is 3. The number of nitrogens with one attached hydrogen (secondary N) is 1. The standard InChI is InChI=1S/C14H17N3O6S/c1-4-22-11(19)10-15-8(7-24-10)6-23-9(18)5-17-12(20)14(2,3)16-13(17)21/h7H,4-6H2,1-3H3,(H,16,21). The maximum absolute atomic E-state index is 12.0. The molecule has 0 bridgehead atoms. The van der Waals surface area contributed by atoms with Gasteiger partial charge in [0.2, 0.25) is 5.01 Å². The van der Waals surface area contributed by atoms with Crippen molar-refractivity contribution < 1.29 is 28.7 Å². The van der Waals surface area contributed by atoms with Crippen molar-refractivity contribution in [2.75, 3.05) is 13.2 Å². The van der Waals surface area contributed by atoms with Gasteiger partial charge in [-0.3, -0.25) is 14.5 Å². The Bertz CT molecular complexity index is 684. The lowest BCUT2D eigenvalue weighted by Gasteiger charge is -2.15. The number of esters is 2. The van der Waals surface area contributed by atoms with Crippen LogP contribution in [0.25, 0.3) is 0 Å². The van der Waals surface area contributed by atoms with Crippen molar-refractivity contribution in [2.24, 2.45) is 0 Å². The van der Waals surface area contributed by atoms with Crippen LogP contribution in [0.15, 0.2) is 5.38 Å². The van der Waals surface area contributed by atoms with Crippen molar-refractivity contribution in [1.82, 2.24) is 15.2 Å². The molecule has 1 fully saturated rings. The van der Waals surface area contributed by atoms with E-state index in [1.165, 1.54) is 0 Å². The van der Waals surface area contributed by atoms with Crippen LogP contribution in [0.1, 0.15) is 36.3 Å². The number of hydrogen-bond acceptors (Lipinski definition) is 8. The van der Waals surface area contributed by atoms with Gasteiger partial charge in [-0.2, -0.15) is 0 Å². The Labute approximate surface area is 141 Å². The van der Waals surface area contributed by atoms with Crippen LogP contribution in [0.3, 0.4) is 0 Å². The average molecular weight is 355 g/mol. The molecule has 130 valence electrons. The van der Waals surface area contributed by atoms with Crippen molar-refractivity contribution >= 4 is 35.2 Å². The second-order valence-electron chi connectivity index (χ2n) is 5.47. The van der Waals surface area contributed by atoms with E-state index in [-0.39, 0.29) is 18.2 Å². The van der Waals surface area contributed by atoms with Crippen LogP contribution in [0, 0.1) is 0 Å². The molecule has 0 radical (unpaired) electrons. The van der Waals surface area contributed by atoms with Crippen molar-refractivity contribution in [3.05, 3.63) is 16.1 Å². The number of aromatic nitrogens is 1. The minimum absolute atomic E-state index is 0.165. The number of carbonyl (C=O) groups excluding carboxylic acids is 4. The Kier molecular flexibility index (Phi) is 5.17. The van der Waals surface area contributed by atoms with Crippen molar-refractivity contribution in [3.8, 4) is 0 Å². The van der Waals surface area contributed by atoms with Crippen molar-refractivity contribution in [1.29, 1.82) is 0 Å². The molecule has 1 aromatic heterocycles. The Balaban J connectivity index is 1.87. The summed E-state index contributed by atoms with van der Waals surface area (Å²) >= 11 is 1.08. The Hall–Kier alpha value is -2.49. The lowest BCUT2D eigenvalue weighted by Crippen LogP contribution is -2.41. The number of imide groups is 1. The van der Waals surface area contributed by atoms with Crippen molar-refractivity contribution in [2.45, 2.75) is 32.9 Å². The van der Waals surface area contributed by atoms with Gasteiger partial charge in [0.1, 0.15) is 18.7 Å². The Morgan fingerprint density at radius 1 is 1.33 bits per heavy atom. The molecule has 0 aromatic carbocycles. The molecular formula is C14H17N3O6S. The summed E-state index contributed by atoms with van der Waals surface area (Å²) in [5.74, 6) is -1.79. The lowest BCUT2D eigenvalue weighted by molar-refractivity contribution is -0.148. The Morgan fingerprint density at radius 2 is 2.04 bits per heavy atom. The zero-order chi connectivity index (χ0) is 17.9. The average Bonchev–Trinajstić information content (AvgIpc) is 3.04. The van der Waals surface area contributed by atoms with E-state index in [4.69, 9.17) is 9.47 Å². The van der Waals surface area contributed by atoms with Gasteiger partial charge in [0.15, 0.2) is 0 Å². The highest BCUT2D eigenvalue weighted by molar-refractivity contribution is 7.11. The van der Waals surface area contributed by atoms with Gasteiger partial charge in [-0.15, -0.1) is 11.3 Å². The van der Waals surface area contributed by atoms with Crippen LogP contribution in [-0.2, 0) is 25.7 Å². The molecule has 1 aliphatic heterocycles. The van der Waals surface area contributed by atoms with Gasteiger partial charge in [0.05, 0.1) is 12.3 Å². The number of thiazole rings is 1. The minimum Gasteiger partial charge on any atom is -0.461 e. The molecule has 2 rings (SSSR count). The van der Waals surface area contributed by atoms with Crippen LogP contribution in [0.5, 0.6) is 0 Å². The number of ether oxygens (including phenoxy) is 2. The first kappa shape index (κ1) is 17.9. The van der Waals surface area contributed by atoms with E-state index in [1.54, 1.807) is 26.2 Å². The second kappa shape index (κ2) is 6.95. The first-order chi connectivity index (χ1) is 11.2. The van der Waals surface area contributed by atoms with E-state index in [9.17, 15) is 19.2 Å². The summed E-state index contributed by atoms with van der Waals surface area (Å²) in [5, 5.41) is 4.20. The molecule has 0 spiro atoms. The highest BCUT2D eigenvalue weighted by Crippen LogP contribution is 2.17. The van der Waals surface area contributed by atoms with Crippen LogP contribution in [-0.4, -0.2) is 52.5 Å². The first-order valence-electron chi connectivity index (χ1n) is 7.16. The number of urea groups is 1. The van der Waals surface area contributed by atoms with Gasteiger partial charge in [-0.25, -0.2) is 14.6 Å². The molecule has 1 saturated heterocycles. The van der Waals surface area contributed by atoms with Gasteiger partial charge in [0, 0.05) is 5.38 Å². The molecule has 24 heavy (non-hydrogen) atoms. The highest BCUT2D eigenvalue weighted by atomic mass is 32.1. The third-order valence-corrected chi connectivity index (χ3v) is 3.99. The normalized spacial score (nSPS) is 16.0. The van der Waals surface area contributed by atoms with Crippen LogP contribution >= 0.6 is 11.3 Å². The molecule has 10 heteroatoms. The number of nitrogens with zero attached hydrogens (tertiary/aromatic N) is 2. The molecule has 0 atom stereocenters. The monoisotopic (exact) mass is 355 g/mol. The highest BCUT2D eigenvalue weighted by Gasteiger charge is 2.45. The SMILES string of the molecule is CCOC(=O)c1nc(COC(=O)CN2C(=O)NC(C)(C)C2=O)cs1. The molecule has 1 aliphatic rings. The third kappa shape index (κ3) is 3.88. The first-order valence-corrected chi connectivity index (χ1v) is 8.04. The molecule has 0 saturated carbocycles. The van der Waals surface area contributed by atoms with Crippen molar-refractivity contribution in [3.63, 3.8) is 0 Å². The summed E-state index contributed by atoms with van der Waals surface area (Å²) in [6, 6.07) is -0.639. The summed E-state index contributed by atoms with van der Waals surface area (Å²) in [7, 11) is 0. The minimum atomic E-state index is -1.04. The number of rotatable bonds is 6. The van der Waals surface area contributed by atoms with E-state index in [0.717, 1.165) is 16.2 Å². The van der Waals surface area contributed by atoms with E-state index in [2.05, 4.69) is 10.3 Å². The van der Waals surface area contributed by atoms with Gasteiger partial charge in [0.25, 0.3) is 5.91 Å². The molecule has 3 amide bonds. The number of hydrogen-bond donors (Lipinski definition) is 1. The van der Waals surface area contributed by atoms with Gasteiger partial charge < -0.3 is 14.8 Å². The van der Waals surface area contributed by atoms with Gasteiger partial charge >= 0.3 is 18.0 Å². The summed E-state index contributed by atoms with van der Waals surface area (Å²) in [6.07, 6.45) is 0. The maximum atomic E-state index is 12.0. The van der Waals surface area contributed by atoms with Crippen LogP contribution < -0.4 is 5.32 Å². The van der Waals surface area contributed by atoms with Crippen LogP contribution in [0.2, 0.25) is 0 Å². The fraction of sp³-hybridized carbons (Fsp3) is 0.500. The largest absolute Gasteiger partial charge is 0.461 e. The predicted octanol–water partition coefficient (Wildman–Crippen LogP) is 0.693. The van der Waals surface area contributed by atoms with E-state index in [1.807, 2.05) is 0 Å². The summed E-state index contributed by atoms with van der Waals surface area (Å²) in [5.41, 5.74) is -0.658. The van der Waals surface area contributed by atoms with E-state index in [0.29, 0.717) is 5.69 Å². The molecule has 0 aliphatic carbocycles. The molecule has 0 unspecified atom stereocenters. The maximum Gasteiger partial charge on any atom is 0.367 e. The van der Waals surface area contributed by atoms with Gasteiger partial charge in [-0.1, -0.05) is 0 Å². The quantitative estimate of drug-likeness (QED) is 0.590. The number of carbonyl (C=O) groups is 4. The predicted molar refractivity (Wildman–Crippen MR) is 82.2 cm³/mol. The lowest BCUT2D eigenvalue weighted by atomic mass is 10.1. The molecule has 2 heterocycles.